The van der Waals surface area contributed by atoms with E-state index in [1.54, 1.807) is 0 Å². The quantitative estimate of drug-likeness (QED) is 0.595. The first-order valence-corrected chi connectivity index (χ1v) is 3.50. The largest absolute Gasteiger partial charge is 0.403 e. The maximum Gasteiger partial charge on any atom is 0.403 e. The van der Waals surface area contributed by atoms with Gasteiger partial charge in [-0.05, 0) is 12.8 Å². The lowest BCUT2D eigenvalue weighted by Crippen LogP contribution is -2.33. The Morgan fingerprint density at radius 2 is 1.09 bits per heavy atom. The van der Waals surface area contributed by atoms with Crippen LogP contribution < -0.4 is 5.73 Å². The Labute approximate surface area is 65.8 Å². The van der Waals surface area contributed by atoms with Gasteiger partial charge in [0.05, 0.1) is 6.04 Å². The fraction of sp³-hybridized carbons (Fsp3) is 1.00. The van der Waals surface area contributed by atoms with Crippen LogP contribution in [-0.2, 0) is 0 Å². The summed E-state index contributed by atoms with van der Waals surface area (Å²) in [5, 5.41) is 0. The lowest BCUT2D eigenvalue weighted by molar-refractivity contribution is -0.143. The molecule has 0 aliphatic heterocycles. The Morgan fingerprint density at radius 3 is 1.09 bits per heavy atom. The molecule has 0 aliphatic rings. The van der Waals surface area contributed by atoms with Crippen LogP contribution in [0.1, 0.15) is 27.7 Å². The van der Waals surface area contributed by atoms with Gasteiger partial charge in [0.15, 0.2) is 0 Å². The molecule has 0 aromatic heterocycles. The molecule has 0 radical (unpaired) electrons. The standard InChI is InChI=1S/C4H10.C3H6F3N/c1-4(2)3;1-2(7)3(4,5)6/h4H,1-3H3;2H,7H2,1H3/t;2-/m.0/s1. The average molecular weight is 171 g/mol. The fourth-order valence-corrected chi connectivity index (χ4v) is 0. The Bertz CT molecular complexity index is 83.4. The van der Waals surface area contributed by atoms with Crippen LogP contribution in [0.15, 0.2) is 0 Å². The highest BCUT2D eigenvalue weighted by Crippen LogP contribution is 2.16. The summed E-state index contributed by atoms with van der Waals surface area (Å²) in [4.78, 5) is 0. The molecule has 0 aromatic rings. The Hall–Kier alpha value is -0.250. The number of halogens is 3. The van der Waals surface area contributed by atoms with E-state index in [4.69, 9.17) is 0 Å². The maximum absolute atomic E-state index is 11.1. The molecule has 0 rings (SSSR count). The van der Waals surface area contributed by atoms with Gasteiger partial charge in [-0.2, -0.15) is 13.2 Å². The van der Waals surface area contributed by atoms with Gasteiger partial charge in [0.1, 0.15) is 0 Å². The van der Waals surface area contributed by atoms with Crippen molar-refractivity contribution >= 4 is 0 Å². The average Bonchev–Trinajstić information content (AvgIpc) is 1.59. The molecule has 0 unspecified atom stereocenters. The number of hydrogen-bond donors (Lipinski definition) is 1. The van der Waals surface area contributed by atoms with Crippen LogP contribution in [0.3, 0.4) is 0 Å². The maximum atomic E-state index is 11.1. The molecule has 0 spiro atoms. The van der Waals surface area contributed by atoms with E-state index in [0.717, 1.165) is 12.8 Å². The lowest BCUT2D eigenvalue weighted by Gasteiger charge is -2.07. The summed E-state index contributed by atoms with van der Waals surface area (Å²) >= 11 is 0. The third kappa shape index (κ3) is 17.7. The molecule has 4 heteroatoms. The lowest BCUT2D eigenvalue weighted by atomic mass is 10.3. The Balaban J connectivity index is 0. The van der Waals surface area contributed by atoms with E-state index >= 15 is 0 Å². The molecule has 0 bridgehead atoms. The van der Waals surface area contributed by atoms with Crippen molar-refractivity contribution in [3.63, 3.8) is 0 Å². The number of alkyl halides is 3. The van der Waals surface area contributed by atoms with Gasteiger partial charge >= 0.3 is 6.18 Å². The van der Waals surface area contributed by atoms with E-state index < -0.39 is 12.2 Å². The normalized spacial score (nSPS) is 13.9. The van der Waals surface area contributed by atoms with Gasteiger partial charge in [-0.3, -0.25) is 0 Å². The van der Waals surface area contributed by atoms with E-state index in [9.17, 15) is 13.2 Å². The van der Waals surface area contributed by atoms with Crippen molar-refractivity contribution < 1.29 is 13.2 Å². The third-order valence-electron chi connectivity index (χ3n) is 0.516. The molecule has 0 saturated heterocycles. The Morgan fingerprint density at radius 1 is 1.00 bits per heavy atom. The van der Waals surface area contributed by atoms with Crippen LogP contribution in [-0.4, -0.2) is 12.2 Å². The summed E-state index contributed by atoms with van der Waals surface area (Å²) < 4.78 is 33.2. The summed E-state index contributed by atoms with van der Waals surface area (Å²) in [5.74, 6) is 0.833. The molecule has 0 amide bonds. The van der Waals surface area contributed by atoms with Crippen LogP contribution in [0, 0.1) is 5.92 Å². The second kappa shape index (κ2) is 5.41. The molecule has 0 aliphatic carbocycles. The second-order valence-corrected chi connectivity index (χ2v) is 3.06. The number of hydrogen-bond acceptors (Lipinski definition) is 1. The topological polar surface area (TPSA) is 26.0 Å². The molecule has 0 fully saturated rings. The summed E-state index contributed by atoms with van der Waals surface area (Å²) in [6, 6.07) is -1.70. The van der Waals surface area contributed by atoms with Crippen LogP contribution >= 0.6 is 0 Å². The van der Waals surface area contributed by atoms with Crippen LogP contribution in [0.25, 0.3) is 0 Å². The van der Waals surface area contributed by atoms with Crippen molar-refractivity contribution in [1.29, 1.82) is 0 Å². The predicted molar refractivity (Wildman–Crippen MR) is 40.2 cm³/mol. The van der Waals surface area contributed by atoms with Crippen molar-refractivity contribution in [1.82, 2.24) is 0 Å². The molecule has 2 N–H and O–H groups in total. The van der Waals surface area contributed by atoms with E-state index in [0.29, 0.717) is 0 Å². The highest BCUT2D eigenvalue weighted by molar-refractivity contribution is 4.61. The van der Waals surface area contributed by atoms with Gasteiger partial charge in [-0.1, -0.05) is 20.8 Å². The summed E-state index contributed by atoms with van der Waals surface area (Å²) in [7, 11) is 0. The molecular weight excluding hydrogens is 155 g/mol. The van der Waals surface area contributed by atoms with Gasteiger partial charge < -0.3 is 5.73 Å². The molecular formula is C7H16F3N. The minimum atomic E-state index is -4.22. The third-order valence-corrected chi connectivity index (χ3v) is 0.516. The van der Waals surface area contributed by atoms with Gasteiger partial charge in [-0.25, -0.2) is 0 Å². The van der Waals surface area contributed by atoms with E-state index in [1.807, 2.05) is 0 Å². The van der Waals surface area contributed by atoms with Crippen molar-refractivity contribution in [2.45, 2.75) is 39.9 Å². The SMILES string of the molecule is CC(C)C.C[C@H](N)C(F)(F)F. The second-order valence-electron chi connectivity index (χ2n) is 3.06. The van der Waals surface area contributed by atoms with Crippen LogP contribution in [0.5, 0.6) is 0 Å². The van der Waals surface area contributed by atoms with Gasteiger partial charge in [0.2, 0.25) is 0 Å². The number of nitrogens with two attached hydrogens (primary N) is 1. The number of rotatable bonds is 0. The monoisotopic (exact) mass is 171 g/mol. The van der Waals surface area contributed by atoms with Crippen molar-refractivity contribution in [3.8, 4) is 0 Å². The smallest absolute Gasteiger partial charge is 0.320 e. The zero-order chi connectivity index (χ0) is 9.65. The molecule has 1 atom stereocenters. The van der Waals surface area contributed by atoms with Crippen molar-refractivity contribution in [3.05, 3.63) is 0 Å². The van der Waals surface area contributed by atoms with E-state index in [1.165, 1.54) is 0 Å². The van der Waals surface area contributed by atoms with E-state index in [2.05, 4.69) is 26.5 Å². The first-order chi connectivity index (χ1) is 4.68. The van der Waals surface area contributed by atoms with Gasteiger partial charge in [0.25, 0.3) is 0 Å². The molecule has 11 heavy (non-hydrogen) atoms. The first kappa shape index (κ1) is 13.3. The highest BCUT2D eigenvalue weighted by atomic mass is 19.4. The molecule has 1 nitrogen and oxygen atoms in total. The van der Waals surface area contributed by atoms with Crippen LogP contribution in [0.2, 0.25) is 0 Å². The zero-order valence-electron chi connectivity index (χ0n) is 7.37. The minimum absolute atomic E-state index is 0.833. The summed E-state index contributed by atoms with van der Waals surface area (Å²) in [6.45, 7) is 7.40. The first-order valence-electron chi connectivity index (χ1n) is 3.50. The van der Waals surface area contributed by atoms with E-state index in [-0.39, 0.29) is 0 Å². The predicted octanol–water partition coefficient (Wildman–Crippen LogP) is 2.56. The Kier molecular flexibility index (Phi) is 6.56. The summed E-state index contributed by atoms with van der Waals surface area (Å²) in [5.41, 5.74) is 4.44. The molecule has 0 saturated carbocycles. The van der Waals surface area contributed by atoms with Crippen molar-refractivity contribution in [2.24, 2.45) is 11.7 Å². The molecule has 0 aromatic carbocycles. The highest BCUT2D eigenvalue weighted by Gasteiger charge is 2.32. The van der Waals surface area contributed by atoms with Crippen LogP contribution in [0.4, 0.5) is 13.2 Å². The molecule has 70 valence electrons. The zero-order valence-corrected chi connectivity index (χ0v) is 7.37. The van der Waals surface area contributed by atoms with Gasteiger partial charge in [0, 0.05) is 0 Å². The van der Waals surface area contributed by atoms with Gasteiger partial charge in [-0.15, -0.1) is 0 Å². The fourth-order valence-electron chi connectivity index (χ4n) is 0. The summed E-state index contributed by atoms with van der Waals surface area (Å²) in [6.07, 6.45) is -4.22. The molecule has 0 heterocycles. The minimum Gasteiger partial charge on any atom is -0.320 e. The van der Waals surface area contributed by atoms with Crippen molar-refractivity contribution in [2.75, 3.05) is 0 Å².